The molecular formula is C20H17FO6. The third kappa shape index (κ3) is 3.97. The van der Waals surface area contributed by atoms with Gasteiger partial charge in [0.1, 0.15) is 6.61 Å². The highest BCUT2D eigenvalue weighted by Gasteiger charge is 2.58. The maximum atomic E-state index is 14.8. The average molecular weight is 372 g/mol. The van der Waals surface area contributed by atoms with E-state index in [0.29, 0.717) is 5.56 Å². The van der Waals surface area contributed by atoms with Gasteiger partial charge in [0.25, 0.3) is 0 Å². The molecule has 0 saturated carbocycles. The molecule has 0 N–H and O–H groups in total. The number of esters is 3. The Kier molecular flexibility index (Phi) is 5.21. The third-order valence-corrected chi connectivity index (χ3v) is 4.16. The van der Waals surface area contributed by atoms with Crippen LogP contribution in [0, 0.1) is 0 Å². The van der Waals surface area contributed by atoms with Crippen molar-refractivity contribution in [3.8, 4) is 0 Å². The minimum atomic E-state index is -2.55. The van der Waals surface area contributed by atoms with Crippen LogP contribution in [0.25, 0.3) is 0 Å². The monoisotopic (exact) mass is 372 g/mol. The van der Waals surface area contributed by atoms with Crippen LogP contribution in [0.1, 0.15) is 27.6 Å². The normalized spacial score (nSPS) is 24.1. The molecule has 1 fully saturated rings. The molecule has 27 heavy (non-hydrogen) atoms. The molecule has 0 bridgehead atoms. The van der Waals surface area contributed by atoms with Crippen molar-refractivity contribution >= 4 is 17.9 Å². The first-order valence-electron chi connectivity index (χ1n) is 8.28. The van der Waals surface area contributed by atoms with Crippen LogP contribution in [-0.4, -0.2) is 42.4 Å². The lowest BCUT2D eigenvalue weighted by Gasteiger charge is -2.22. The predicted molar refractivity (Wildman–Crippen MR) is 91.8 cm³/mol. The Morgan fingerprint density at radius 2 is 1.52 bits per heavy atom. The van der Waals surface area contributed by atoms with Gasteiger partial charge in [-0.25, -0.2) is 18.8 Å². The van der Waals surface area contributed by atoms with Crippen molar-refractivity contribution in [2.75, 3.05) is 6.61 Å². The summed E-state index contributed by atoms with van der Waals surface area (Å²) in [4.78, 5) is 36.1. The maximum absolute atomic E-state index is 14.8. The van der Waals surface area contributed by atoms with Gasteiger partial charge in [-0.15, -0.1) is 0 Å². The number of benzene rings is 2. The largest absolute Gasteiger partial charge is 0.458 e. The van der Waals surface area contributed by atoms with Gasteiger partial charge in [0.15, 0.2) is 12.2 Å². The van der Waals surface area contributed by atoms with E-state index in [2.05, 4.69) is 0 Å². The fourth-order valence-electron chi connectivity index (χ4n) is 2.66. The van der Waals surface area contributed by atoms with Crippen molar-refractivity contribution in [1.29, 1.82) is 0 Å². The molecule has 1 aliphatic rings. The van der Waals surface area contributed by atoms with Crippen LogP contribution in [0.3, 0.4) is 0 Å². The van der Waals surface area contributed by atoms with Gasteiger partial charge in [-0.2, -0.15) is 0 Å². The van der Waals surface area contributed by atoms with Gasteiger partial charge >= 0.3 is 17.9 Å². The molecule has 1 saturated heterocycles. The lowest BCUT2D eigenvalue weighted by atomic mass is 10.00. The van der Waals surface area contributed by atoms with Crippen molar-refractivity contribution in [2.24, 2.45) is 0 Å². The summed E-state index contributed by atoms with van der Waals surface area (Å²) in [6.07, 6.45) is -2.78. The summed E-state index contributed by atoms with van der Waals surface area (Å²) in [6, 6.07) is 16.1. The number of alkyl halides is 1. The van der Waals surface area contributed by atoms with Crippen molar-refractivity contribution in [2.45, 2.75) is 24.8 Å². The molecule has 2 aromatic carbocycles. The molecule has 6 nitrogen and oxygen atoms in total. The molecule has 0 amide bonds. The Balaban J connectivity index is 1.70. The molecule has 3 rings (SSSR count). The minimum Gasteiger partial charge on any atom is -0.458 e. The van der Waals surface area contributed by atoms with Gasteiger partial charge < -0.3 is 14.2 Å². The molecule has 0 aromatic heterocycles. The standard InChI is InChI=1S/C20H17FO6/c1-20(21)16(27-18(23)14-10-6-3-7-11-14)15(26-19(20)24)12-25-17(22)13-8-4-2-5-9-13/h2-11,15-16H,12H2,1H3. The zero-order chi connectivity index (χ0) is 19.4. The van der Waals surface area contributed by atoms with Gasteiger partial charge in [-0.05, 0) is 31.2 Å². The molecule has 3 atom stereocenters. The van der Waals surface area contributed by atoms with E-state index >= 15 is 0 Å². The number of carbonyl (C=O) groups excluding carboxylic acids is 3. The van der Waals surface area contributed by atoms with E-state index in [-0.39, 0.29) is 5.56 Å². The van der Waals surface area contributed by atoms with E-state index in [4.69, 9.17) is 14.2 Å². The fraction of sp³-hybridized carbons (Fsp3) is 0.250. The first-order chi connectivity index (χ1) is 12.9. The Morgan fingerprint density at radius 1 is 1.00 bits per heavy atom. The van der Waals surface area contributed by atoms with E-state index in [9.17, 15) is 18.8 Å². The Morgan fingerprint density at radius 3 is 2.07 bits per heavy atom. The van der Waals surface area contributed by atoms with Crippen LogP contribution in [0.4, 0.5) is 4.39 Å². The number of cyclic esters (lactones) is 1. The van der Waals surface area contributed by atoms with Crippen molar-refractivity contribution < 1.29 is 33.0 Å². The van der Waals surface area contributed by atoms with Gasteiger partial charge in [-0.1, -0.05) is 36.4 Å². The van der Waals surface area contributed by atoms with Gasteiger partial charge in [0.2, 0.25) is 5.67 Å². The SMILES string of the molecule is CC1(F)C(=O)OC(COC(=O)c2ccccc2)C1OC(=O)c1ccccc1. The molecule has 1 heterocycles. The number of hydrogen-bond acceptors (Lipinski definition) is 6. The number of ether oxygens (including phenoxy) is 3. The van der Waals surface area contributed by atoms with E-state index < -0.39 is 42.4 Å². The molecular weight excluding hydrogens is 355 g/mol. The molecule has 1 aliphatic heterocycles. The number of carbonyl (C=O) groups is 3. The molecule has 0 radical (unpaired) electrons. The van der Waals surface area contributed by atoms with Crippen molar-refractivity contribution in [1.82, 2.24) is 0 Å². The number of hydrogen-bond donors (Lipinski definition) is 0. The smallest absolute Gasteiger partial charge is 0.348 e. The summed E-state index contributed by atoms with van der Waals surface area (Å²) in [5.41, 5.74) is -2.05. The second-order valence-corrected chi connectivity index (χ2v) is 6.18. The molecule has 140 valence electrons. The van der Waals surface area contributed by atoms with Crippen LogP contribution in [0.5, 0.6) is 0 Å². The zero-order valence-corrected chi connectivity index (χ0v) is 14.5. The van der Waals surface area contributed by atoms with Crippen LogP contribution < -0.4 is 0 Å². The highest BCUT2D eigenvalue weighted by molar-refractivity contribution is 5.91. The second kappa shape index (κ2) is 7.57. The van der Waals surface area contributed by atoms with Crippen molar-refractivity contribution in [3.63, 3.8) is 0 Å². The summed E-state index contributed by atoms with van der Waals surface area (Å²) in [5, 5.41) is 0. The summed E-state index contributed by atoms with van der Waals surface area (Å²) in [6.45, 7) is 0.531. The van der Waals surface area contributed by atoms with Crippen LogP contribution in [0.2, 0.25) is 0 Å². The Bertz CT molecular complexity index is 834. The van der Waals surface area contributed by atoms with Crippen molar-refractivity contribution in [3.05, 3.63) is 71.8 Å². The van der Waals surface area contributed by atoms with Gasteiger partial charge in [-0.3, -0.25) is 0 Å². The molecule has 0 aliphatic carbocycles. The highest BCUT2D eigenvalue weighted by Crippen LogP contribution is 2.33. The summed E-state index contributed by atoms with van der Waals surface area (Å²) >= 11 is 0. The molecule has 0 spiro atoms. The quantitative estimate of drug-likeness (QED) is 0.593. The van der Waals surface area contributed by atoms with Crippen LogP contribution in [0.15, 0.2) is 60.7 Å². The Hall–Kier alpha value is -3.22. The molecule has 7 heteroatoms. The maximum Gasteiger partial charge on any atom is 0.348 e. The topological polar surface area (TPSA) is 78.9 Å². The van der Waals surface area contributed by atoms with Gasteiger partial charge in [0, 0.05) is 0 Å². The van der Waals surface area contributed by atoms with Crippen LogP contribution >= 0.6 is 0 Å². The predicted octanol–water partition coefficient (Wildman–Crippen LogP) is 2.72. The molecule has 3 unspecified atom stereocenters. The van der Waals surface area contributed by atoms with E-state index in [0.717, 1.165) is 6.92 Å². The lowest BCUT2D eigenvalue weighted by Crippen LogP contribution is -2.44. The van der Waals surface area contributed by atoms with E-state index in [1.165, 1.54) is 12.1 Å². The zero-order valence-electron chi connectivity index (χ0n) is 14.5. The first kappa shape index (κ1) is 18.6. The van der Waals surface area contributed by atoms with Crippen LogP contribution in [-0.2, 0) is 19.0 Å². The second-order valence-electron chi connectivity index (χ2n) is 6.18. The van der Waals surface area contributed by atoms with Gasteiger partial charge in [0.05, 0.1) is 11.1 Å². The van der Waals surface area contributed by atoms with E-state index in [1.54, 1.807) is 48.5 Å². The first-order valence-corrected chi connectivity index (χ1v) is 8.28. The minimum absolute atomic E-state index is 0.202. The lowest BCUT2D eigenvalue weighted by molar-refractivity contribution is -0.150. The van der Waals surface area contributed by atoms with E-state index in [1.807, 2.05) is 0 Å². The number of rotatable bonds is 5. The number of halogens is 1. The average Bonchev–Trinajstić information content (AvgIpc) is 2.90. The highest BCUT2D eigenvalue weighted by atomic mass is 19.1. The summed E-state index contributed by atoms with van der Waals surface area (Å²) in [7, 11) is 0. The summed E-state index contributed by atoms with van der Waals surface area (Å²) in [5.74, 6) is -2.64. The summed E-state index contributed by atoms with van der Waals surface area (Å²) < 4.78 is 30.0. The third-order valence-electron chi connectivity index (χ3n) is 4.16. The Labute approximate surface area is 154 Å². The molecule has 2 aromatic rings. The fourth-order valence-corrected chi connectivity index (χ4v) is 2.66.